The van der Waals surface area contributed by atoms with E-state index in [-0.39, 0.29) is 11.7 Å². The van der Waals surface area contributed by atoms with Gasteiger partial charge in [0.15, 0.2) is 0 Å². The van der Waals surface area contributed by atoms with E-state index < -0.39 is 0 Å². The van der Waals surface area contributed by atoms with Crippen LogP contribution in [0.2, 0.25) is 0 Å². The van der Waals surface area contributed by atoms with Gasteiger partial charge in [-0.25, -0.2) is 4.39 Å². The lowest BCUT2D eigenvalue weighted by Crippen LogP contribution is -2.14. The highest BCUT2D eigenvalue weighted by Gasteiger charge is 2.04. The van der Waals surface area contributed by atoms with E-state index in [2.05, 4.69) is 5.32 Å². The zero-order valence-corrected chi connectivity index (χ0v) is 13.3. The molecule has 0 saturated carbocycles. The SMILES string of the molecule is CSc1cccc(NC(=O)CSCc2ccc(F)cc2)c1. The molecule has 0 heterocycles. The van der Waals surface area contributed by atoms with Crippen LogP contribution < -0.4 is 5.32 Å². The zero-order chi connectivity index (χ0) is 15.1. The number of hydrogen-bond acceptors (Lipinski definition) is 3. The monoisotopic (exact) mass is 321 g/mol. The summed E-state index contributed by atoms with van der Waals surface area (Å²) in [7, 11) is 0. The number of anilines is 1. The minimum Gasteiger partial charge on any atom is -0.325 e. The summed E-state index contributed by atoms with van der Waals surface area (Å²) in [5.41, 5.74) is 1.83. The van der Waals surface area contributed by atoms with Crippen LogP contribution in [-0.2, 0) is 10.5 Å². The number of carbonyl (C=O) groups is 1. The van der Waals surface area contributed by atoms with Crippen molar-refractivity contribution >= 4 is 35.1 Å². The molecule has 0 unspecified atom stereocenters. The Labute approximate surface area is 132 Å². The van der Waals surface area contributed by atoms with Gasteiger partial charge >= 0.3 is 0 Å². The molecule has 21 heavy (non-hydrogen) atoms. The number of hydrogen-bond donors (Lipinski definition) is 1. The summed E-state index contributed by atoms with van der Waals surface area (Å²) < 4.78 is 12.8. The fraction of sp³-hybridized carbons (Fsp3) is 0.188. The highest BCUT2D eigenvalue weighted by Crippen LogP contribution is 2.19. The van der Waals surface area contributed by atoms with Crippen molar-refractivity contribution in [3.63, 3.8) is 0 Å². The van der Waals surface area contributed by atoms with Crippen molar-refractivity contribution in [2.75, 3.05) is 17.3 Å². The molecule has 2 rings (SSSR count). The van der Waals surface area contributed by atoms with Gasteiger partial charge in [-0.15, -0.1) is 23.5 Å². The molecule has 0 spiro atoms. The predicted octanol–water partition coefficient (Wildman–Crippen LogP) is 4.42. The summed E-state index contributed by atoms with van der Waals surface area (Å²) in [5, 5.41) is 2.88. The lowest BCUT2D eigenvalue weighted by molar-refractivity contribution is -0.113. The number of nitrogens with one attached hydrogen (secondary N) is 1. The molecular weight excluding hydrogens is 305 g/mol. The predicted molar refractivity (Wildman–Crippen MR) is 89.4 cm³/mol. The van der Waals surface area contributed by atoms with E-state index in [9.17, 15) is 9.18 Å². The summed E-state index contributed by atoms with van der Waals surface area (Å²) >= 11 is 3.15. The summed E-state index contributed by atoms with van der Waals surface area (Å²) in [6.45, 7) is 0. The minimum absolute atomic E-state index is 0.0274. The van der Waals surface area contributed by atoms with Crippen molar-refractivity contribution in [3.05, 3.63) is 59.9 Å². The van der Waals surface area contributed by atoms with Gasteiger partial charge in [0.1, 0.15) is 5.82 Å². The number of thioether (sulfide) groups is 2. The highest BCUT2D eigenvalue weighted by molar-refractivity contribution is 7.99. The third kappa shape index (κ3) is 5.44. The van der Waals surface area contributed by atoms with E-state index in [4.69, 9.17) is 0 Å². The Bertz CT molecular complexity index is 601. The molecule has 2 aromatic carbocycles. The lowest BCUT2D eigenvalue weighted by atomic mass is 10.2. The highest BCUT2D eigenvalue weighted by atomic mass is 32.2. The van der Waals surface area contributed by atoms with E-state index in [1.807, 2.05) is 30.5 Å². The third-order valence-electron chi connectivity index (χ3n) is 2.77. The summed E-state index contributed by atoms with van der Waals surface area (Å²) in [6.07, 6.45) is 2.00. The quantitative estimate of drug-likeness (QED) is 0.799. The zero-order valence-electron chi connectivity index (χ0n) is 11.6. The number of rotatable bonds is 6. The maximum Gasteiger partial charge on any atom is 0.234 e. The molecule has 2 aromatic rings. The third-order valence-corrected chi connectivity index (χ3v) is 4.50. The molecule has 0 aromatic heterocycles. The van der Waals surface area contributed by atoms with Crippen LogP contribution >= 0.6 is 23.5 Å². The van der Waals surface area contributed by atoms with Crippen LogP contribution in [0.5, 0.6) is 0 Å². The van der Waals surface area contributed by atoms with E-state index >= 15 is 0 Å². The second kappa shape index (κ2) is 8.10. The molecule has 0 fully saturated rings. The first-order valence-corrected chi connectivity index (χ1v) is 8.81. The van der Waals surface area contributed by atoms with E-state index in [0.717, 1.165) is 16.1 Å². The standard InChI is InChI=1S/C16H16FNOS2/c1-20-15-4-2-3-14(9-15)18-16(19)11-21-10-12-5-7-13(17)8-6-12/h2-9H,10-11H2,1H3,(H,18,19). The Hall–Kier alpha value is -1.46. The van der Waals surface area contributed by atoms with Gasteiger partial charge in [0, 0.05) is 16.3 Å². The normalized spacial score (nSPS) is 10.4. The molecule has 2 nitrogen and oxygen atoms in total. The average molecular weight is 321 g/mol. The van der Waals surface area contributed by atoms with Crippen LogP contribution in [0.1, 0.15) is 5.56 Å². The molecule has 5 heteroatoms. The molecule has 0 radical (unpaired) electrons. The first kappa shape index (κ1) is 15.9. The Morgan fingerprint density at radius 3 is 2.67 bits per heavy atom. The van der Waals surface area contributed by atoms with Gasteiger partial charge in [-0.05, 0) is 42.2 Å². The van der Waals surface area contributed by atoms with Crippen molar-refractivity contribution in [2.45, 2.75) is 10.6 Å². The van der Waals surface area contributed by atoms with E-state index in [1.54, 1.807) is 23.9 Å². The van der Waals surface area contributed by atoms with Crippen molar-refractivity contribution in [2.24, 2.45) is 0 Å². The Morgan fingerprint density at radius 1 is 1.19 bits per heavy atom. The lowest BCUT2D eigenvalue weighted by Gasteiger charge is -2.06. The van der Waals surface area contributed by atoms with Gasteiger partial charge in [-0.3, -0.25) is 4.79 Å². The fourth-order valence-corrected chi connectivity index (χ4v) is 2.99. The van der Waals surface area contributed by atoms with Gasteiger partial charge in [-0.2, -0.15) is 0 Å². The van der Waals surface area contributed by atoms with Gasteiger partial charge in [0.2, 0.25) is 5.91 Å². The van der Waals surface area contributed by atoms with Gasteiger partial charge in [-0.1, -0.05) is 18.2 Å². The maximum atomic E-state index is 12.8. The molecule has 1 N–H and O–H groups in total. The average Bonchev–Trinajstić information content (AvgIpc) is 2.49. The molecule has 110 valence electrons. The summed E-state index contributed by atoms with van der Waals surface area (Å²) in [6, 6.07) is 14.1. The first-order valence-electron chi connectivity index (χ1n) is 6.43. The van der Waals surface area contributed by atoms with Crippen LogP contribution in [0.15, 0.2) is 53.4 Å². The van der Waals surface area contributed by atoms with Crippen LogP contribution in [0.25, 0.3) is 0 Å². The van der Waals surface area contributed by atoms with Gasteiger partial charge in [0.05, 0.1) is 5.75 Å². The summed E-state index contributed by atoms with van der Waals surface area (Å²) in [4.78, 5) is 13.0. The molecule has 0 aliphatic carbocycles. The minimum atomic E-state index is -0.241. The Balaban J connectivity index is 1.78. The van der Waals surface area contributed by atoms with Crippen molar-refractivity contribution in [1.82, 2.24) is 0 Å². The molecule has 0 bridgehead atoms. The Kier molecular flexibility index (Phi) is 6.14. The van der Waals surface area contributed by atoms with Crippen LogP contribution in [0, 0.1) is 5.82 Å². The summed E-state index contributed by atoms with van der Waals surface area (Å²) in [5.74, 6) is 0.801. The fourth-order valence-electron chi connectivity index (χ4n) is 1.74. The Morgan fingerprint density at radius 2 is 1.95 bits per heavy atom. The molecule has 0 aliphatic rings. The van der Waals surface area contributed by atoms with E-state index in [1.165, 1.54) is 23.9 Å². The molecule has 0 saturated heterocycles. The van der Waals surface area contributed by atoms with Crippen molar-refractivity contribution in [3.8, 4) is 0 Å². The molecule has 0 aliphatic heterocycles. The maximum absolute atomic E-state index is 12.8. The van der Waals surface area contributed by atoms with Crippen LogP contribution in [0.3, 0.4) is 0 Å². The van der Waals surface area contributed by atoms with Gasteiger partial charge < -0.3 is 5.32 Å². The van der Waals surface area contributed by atoms with Crippen LogP contribution in [-0.4, -0.2) is 17.9 Å². The van der Waals surface area contributed by atoms with Gasteiger partial charge in [0.25, 0.3) is 0 Å². The molecular formula is C16H16FNOS2. The number of halogens is 1. The van der Waals surface area contributed by atoms with Crippen molar-refractivity contribution in [1.29, 1.82) is 0 Å². The number of carbonyl (C=O) groups excluding carboxylic acids is 1. The smallest absolute Gasteiger partial charge is 0.234 e. The molecule has 0 atom stereocenters. The largest absolute Gasteiger partial charge is 0.325 e. The van der Waals surface area contributed by atoms with E-state index in [0.29, 0.717) is 11.5 Å². The van der Waals surface area contributed by atoms with Crippen LogP contribution in [0.4, 0.5) is 10.1 Å². The topological polar surface area (TPSA) is 29.1 Å². The second-order valence-corrected chi connectivity index (χ2v) is 6.26. The van der Waals surface area contributed by atoms with Crippen molar-refractivity contribution < 1.29 is 9.18 Å². The number of benzene rings is 2. The molecule has 1 amide bonds. The first-order chi connectivity index (χ1) is 10.2. The second-order valence-electron chi connectivity index (χ2n) is 4.40. The number of amides is 1.